The Morgan fingerprint density at radius 2 is 2.03 bits per heavy atom. The molecular formula is C23H39IN4O3. The van der Waals surface area contributed by atoms with Crippen LogP contribution in [0.4, 0.5) is 0 Å². The van der Waals surface area contributed by atoms with Gasteiger partial charge >= 0.3 is 0 Å². The summed E-state index contributed by atoms with van der Waals surface area (Å²) in [5.74, 6) is 0.712. The fourth-order valence-electron chi connectivity index (χ4n) is 3.17. The lowest BCUT2D eigenvalue weighted by atomic mass is 10.1. The minimum atomic E-state index is -0.0653. The van der Waals surface area contributed by atoms with Gasteiger partial charge in [0.25, 0.3) is 5.91 Å². The van der Waals surface area contributed by atoms with E-state index in [0.29, 0.717) is 18.7 Å². The summed E-state index contributed by atoms with van der Waals surface area (Å²) in [5, 5.41) is 9.56. The van der Waals surface area contributed by atoms with Crippen LogP contribution < -0.4 is 16.0 Å². The molecule has 1 aromatic carbocycles. The summed E-state index contributed by atoms with van der Waals surface area (Å²) in [6.07, 6.45) is 5.44. The summed E-state index contributed by atoms with van der Waals surface area (Å²) >= 11 is 0. The zero-order valence-electron chi connectivity index (χ0n) is 19.0. The van der Waals surface area contributed by atoms with Crippen LogP contribution in [-0.4, -0.2) is 57.4 Å². The van der Waals surface area contributed by atoms with Gasteiger partial charge in [-0.05, 0) is 50.3 Å². The normalized spacial score (nSPS) is 15.9. The van der Waals surface area contributed by atoms with Crippen molar-refractivity contribution in [3.05, 3.63) is 35.4 Å². The maximum absolute atomic E-state index is 12.4. The van der Waals surface area contributed by atoms with Crippen LogP contribution in [0.25, 0.3) is 0 Å². The molecule has 7 nitrogen and oxygen atoms in total. The van der Waals surface area contributed by atoms with Crippen LogP contribution in [0.5, 0.6) is 0 Å². The molecule has 1 aliphatic rings. The highest BCUT2D eigenvalue weighted by molar-refractivity contribution is 14.0. The van der Waals surface area contributed by atoms with E-state index in [1.807, 2.05) is 31.2 Å². The highest BCUT2D eigenvalue weighted by atomic mass is 127. The van der Waals surface area contributed by atoms with Gasteiger partial charge < -0.3 is 25.4 Å². The first-order valence-corrected chi connectivity index (χ1v) is 11.3. The molecule has 2 rings (SSSR count). The Bertz CT molecular complexity index is 651. The highest BCUT2D eigenvalue weighted by Gasteiger charge is 2.16. The maximum atomic E-state index is 12.4. The van der Waals surface area contributed by atoms with Gasteiger partial charge in [-0.2, -0.15) is 0 Å². The molecule has 176 valence electrons. The number of rotatable bonds is 13. The Labute approximate surface area is 204 Å². The number of nitrogens with zero attached hydrogens (tertiary/aromatic N) is 1. The van der Waals surface area contributed by atoms with Crippen LogP contribution >= 0.6 is 24.0 Å². The van der Waals surface area contributed by atoms with Crippen molar-refractivity contribution in [3.63, 3.8) is 0 Å². The molecule has 1 fully saturated rings. The van der Waals surface area contributed by atoms with Crippen LogP contribution in [0.1, 0.15) is 61.9 Å². The number of aliphatic imine (C=N–C) groups is 1. The van der Waals surface area contributed by atoms with Crippen molar-refractivity contribution < 1.29 is 14.3 Å². The Balaban J connectivity index is 0.00000480. The Kier molecular flexibility index (Phi) is 15.3. The number of benzene rings is 1. The van der Waals surface area contributed by atoms with E-state index < -0.39 is 0 Å². The quantitative estimate of drug-likeness (QED) is 0.153. The van der Waals surface area contributed by atoms with E-state index in [1.54, 1.807) is 0 Å². The lowest BCUT2D eigenvalue weighted by molar-refractivity contribution is 0.0857. The van der Waals surface area contributed by atoms with Crippen molar-refractivity contribution in [1.29, 1.82) is 0 Å². The molecule has 1 amide bonds. The molecule has 0 spiro atoms. The second-order valence-corrected chi connectivity index (χ2v) is 7.49. The van der Waals surface area contributed by atoms with Crippen molar-refractivity contribution >= 4 is 35.8 Å². The minimum absolute atomic E-state index is 0. The molecule has 1 unspecified atom stereocenters. The second-order valence-electron chi connectivity index (χ2n) is 7.49. The van der Waals surface area contributed by atoms with Gasteiger partial charge in [0, 0.05) is 45.0 Å². The predicted octanol–water partition coefficient (Wildman–Crippen LogP) is 3.48. The molecule has 1 saturated heterocycles. The molecule has 3 N–H and O–H groups in total. The van der Waals surface area contributed by atoms with E-state index in [4.69, 9.17) is 9.47 Å². The van der Waals surface area contributed by atoms with Gasteiger partial charge in [0.1, 0.15) is 0 Å². The van der Waals surface area contributed by atoms with E-state index in [1.165, 1.54) is 0 Å². The van der Waals surface area contributed by atoms with E-state index in [2.05, 4.69) is 27.9 Å². The Morgan fingerprint density at radius 3 is 2.77 bits per heavy atom. The molecule has 0 aliphatic carbocycles. The first-order valence-electron chi connectivity index (χ1n) is 11.3. The average Bonchev–Trinajstić information content (AvgIpc) is 3.29. The number of amides is 1. The topological polar surface area (TPSA) is 84.0 Å². The summed E-state index contributed by atoms with van der Waals surface area (Å²) in [5.41, 5.74) is 1.66. The van der Waals surface area contributed by atoms with Crippen LogP contribution in [0, 0.1) is 0 Å². The van der Waals surface area contributed by atoms with E-state index in [-0.39, 0.29) is 36.0 Å². The molecule has 1 atom stereocenters. The SMILES string of the molecule is CCCCOCCCNC(=NCc1cccc(C(=O)NCC2CCCO2)c1)NCC.I. The molecule has 1 aliphatic heterocycles. The van der Waals surface area contributed by atoms with Crippen molar-refractivity contribution in [2.75, 3.05) is 39.5 Å². The van der Waals surface area contributed by atoms with Crippen molar-refractivity contribution in [3.8, 4) is 0 Å². The van der Waals surface area contributed by atoms with E-state index in [0.717, 1.165) is 76.5 Å². The second kappa shape index (κ2) is 17.2. The smallest absolute Gasteiger partial charge is 0.251 e. The van der Waals surface area contributed by atoms with Gasteiger partial charge in [0.2, 0.25) is 0 Å². The number of hydrogen-bond acceptors (Lipinski definition) is 4. The number of unbranched alkanes of at least 4 members (excludes halogenated alkanes) is 1. The van der Waals surface area contributed by atoms with Crippen LogP contribution in [0.3, 0.4) is 0 Å². The number of carbonyl (C=O) groups excluding carboxylic acids is 1. The fraction of sp³-hybridized carbons (Fsp3) is 0.652. The summed E-state index contributed by atoms with van der Waals surface area (Å²) in [4.78, 5) is 17.1. The van der Waals surface area contributed by atoms with E-state index in [9.17, 15) is 4.79 Å². The molecule has 0 radical (unpaired) electrons. The third-order valence-corrected chi connectivity index (χ3v) is 4.87. The molecule has 31 heavy (non-hydrogen) atoms. The maximum Gasteiger partial charge on any atom is 0.251 e. The van der Waals surface area contributed by atoms with Crippen molar-refractivity contribution in [2.45, 2.75) is 58.6 Å². The molecule has 1 heterocycles. The molecule has 0 aromatic heterocycles. The first kappa shape index (κ1) is 27.6. The number of carbonyl (C=O) groups is 1. The first-order chi connectivity index (χ1) is 14.7. The number of ether oxygens (including phenoxy) is 2. The van der Waals surface area contributed by atoms with Crippen molar-refractivity contribution in [1.82, 2.24) is 16.0 Å². The van der Waals surface area contributed by atoms with Crippen LogP contribution in [0.2, 0.25) is 0 Å². The van der Waals surface area contributed by atoms with Gasteiger partial charge in [-0.25, -0.2) is 4.99 Å². The Morgan fingerprint density at radius 1 is 1.19 bits per heavy atom. The number of halogens is 1. The standard InChI is InChI=1S/C23H38N4O3.HI/c1-3-5-13-29-14-8-12-25-23(24-4-2)27-17-19-9-6-10-20(16-19)22(28)26-18-21-11-7-15-30-21;/h6,9-10,16,21H,3-5,7-8,11-15,17-18H2,1-2H3,(H,26,28)(H2,24,25,27);1H. The monoisotopic (exact) mass is 546 g/mol. The van der Waals surface area contributed by atoms with Gasteiger partial charge in [-0.1, -0.05) is 25.5 Å². The largest absolute Gasteiger partial charge is 0.381 e. The Hall–Kier alpha value is -1.39. The fourth-order valence-corrected chi connectivity index (χ4v) is 3.17. The minimum Gasteiger partial charge on any atom is -0.381 e. The summed E-state index contributed by atoms with van der Waals surface area (Å²) in [7, 11) is 0. The number of nitrogens with one attached hydrogen (secondary N) is 3. The summed E-state index contributed by atoms with van der Waals surface area (Å²) in [6.45, 7) is 9.28. The highest BCUT2D eigenvalue weighted by Crippen LogP contribution is 2.11. The molecule has 0 bridgehead atoms. The lowest BCUT2D eigenvalue weighted by Gasteiger charge is -2.12. The van der Waals surface area contributed by atoms with Gasteiger partial charge in [0.15, 0.2) is 5.96 Å². The van der Waals surface area contributed by atoms with E-state index >= 15 is 0 Å². The molecular weight excluding hydrogens is 507 g/mol. The van der Waals surface area contributed by atoms with Gasteiger partial charge in [0.05, 0.1) is 12.6 Å². The zero-order chi connectivity index (χ0) is 21.4. The van der Waals surface area contributed by atoms with Gasteiger partial charge in [-0.3, -0.25) is 4.79 Å². The lowest BCUT2D eigenvalue weighted by Crippen LogP contribution is -2.38. The third-order valence-electron chi connectivity index (χ3n) is 4.87. The molecule has 8 heteroatoms. The average molecular weight is 546 g/mol. The molecule has 1 aromatic rings. The van der Waals surface area contributed by atoms with Gasteiger partial charge in [-0.15, -0.1) is 24.0 Å². The summed E-state index contributed by atoms with van der Waals surface area (Å²) < 4.78 is 11.1. The van der Waals surface area contributed by atoms with Crippen molar-refractivity contribution in [2.24, 2.45) is 4.99 Å². The summed E-state index contributed by atoms with van der Waals surface area (Å²) in [6, 6.07) is 7.63. The predicted molar refractivity (Wildman–Crippen MR) is 136 cm³/mol. The van der Waals surface area contributed by atoms with Crippen LogP contribution in [-0.2, 0) is 16.0 Å². The number of hydrogen-bond donors (Lipinski definition) is 3. The number of guanidine groups is 1. The van der Waals surface area contributed by atoms with Crippen LogP contribution in [0.15, 0.2) is 29.3 Å². The molecule has 0 saturated carbocycles. The third kappa shape index (κ3) is 11.7. The zero-order valence-corrected chi connectivity index (χ0v) is 21.3.